The number of imidazole rings is 1. The van der Waals surface area contributed by atoms with E-state index in [9.17, 15) is 36.7 Å². The van der Waals surface area contributed by atoms with Gasteiger partial charge in [-0.25, -0.2) is 46.7 Å². The number of nitrogens with one attached hydrogen (secondary N) is 3. The number of nitrogens with two attached hydrogens (primary N) is 1. The van der Waals surface area contributed by atoms with Gasteiger partial charge in [-0.3, -0.25) is 9.59 Å². The lowest BCUT2D eigenvalue weighted by Crippen LogP contribution is -2.28. The van der Waals surface area contributed by atoms with Gasteiger partial charge in [-0.1, -0.05) is 23.2 Å². The van der Waals surface area contributed by atoms with Crippen molar-refractivity contribution >= 4 is 71.0 Å². The van der Waals surface area contributed by atoms with E-state index in [-0.39, 0.29) is 58.7 Å². The summed E-state index contributed by atoms with van der Waals surface area (Å²) >= 11 is 11.4. The van der Waals surface area contributed by atoms with Crippen molar-refractivity contribution in [1.29, 1.82) is 0 Å². The second kappa shape index (κ2) is 23.0. The minimum Gasteiger partial charge on any atom is -0.451 e. The molecule has 0 radical (unpaired) electrons. The molecule has 2 aliphatic rings. The number of nitrogens with zero attached hydrogens (tertiary/aromatic N) is 4. The first-order valence-corrected chi connectivity index (χ1v) is 20.7. The third kappa shape index (κ3) is 12.4. The van der Waals surface area contributed by atoms with Gasteiger partial charge in [0.25, 0.3) is 11.8 Å². The Balaban J connectivity index is 0.000000179. The molecule has 5 N–H and O–H groups in total. The first kappa shape index (κ1) is 50.2. The summed E-state index contributed by atoms with van der Waals surface area (Å²) in [5.41, 5.74) is 9.97. The van der Waals surface area contributed by atoms with Crippen molar-refractivity contribution in [3.8, 4) is 0 Å². The van der Waals surface area contributed by atoms with Crippen molar-refractivity contribution in [3.05, 3.63) is 183 Å². The summed E-state index contributed by atoms with van der Waals surface area (Å²) in [7, 11) is 0. The van der Waals surface area contributed by atoms with Crippen LogP contribution in [0.4, 0.5) is 38.5 Å². The van der Waals surface area contributed by atoms with Gasteiger partial charge in [0.2, 0.25) is 0 Å². The van der Waals surface area contributed by atoms with Crippen molar-refractivity contribution in [2.24, 2.45) is 5.73 Å². The number of benzene rings is 4. The van der Waals surface area contributed by atoms with Crippen LogP contribution in [0.2, 0.25) is 10.0 Å². The monoisotopic (exact) mass is 998 g/mol. The van der Waals surface area contributed by atoms with Crippen LogP contribution in [-0.4, -0.2) is 43.5 Å². The molecule has 0 aliphatic heterocycles. The maximum absolute atomic E-state index is 14.6. The Morgan fingerprint density at radius 1 is 0.721 bits per heavy atom. The molecular weight excluding hydrogens is 963 g/mol. The minimum absolute atomic E-state index is 0. The number of oxazole rings is 2. The van der Waals surface area contributed by atoms with Crippen LogP contribution in [0.25, 0.3) is 0 Å². The summed E-state index contributed by atoms with van der Waals surface area (Å²) in [5.74, 6) is -2.97. The highest BCUT2D eigenvalue weighted by molar-refractivity contribution is 6.31. The quantitative estimate of drug-likeness (QED) is 0.0993. The summed E-state index contributed by atoms with van der Waals surface area (Å²) in [6, 6.07) is 11.9. The van der Waals surface area contributed by atoms with Crippen molar-refractivity contribution in [2.75, 3.05) is 10.6 Å². The minimum atomic E-state index is -0.740. The predicted octanol–water partition coefficient (Wildman–Crippen LogP) is 10.1. The number of aromatic nitrogens is 4. The molecule has 0 bridgehead atoms. The van der Waals surface area contributed by atoms with Crippen molar-refractivity contribution in [2.45, 2.75) is 51.0 Å². The molecule has 2 aliphatic carbocycles. The molecule has 2 atom stereocenters. The fraction of sp³-hybridized carbons (Fsp3) is 0.178. The molecule has 3 aromatic heterocycles. The van der Waals surface area contributed by atoms with Gasteiger partial charge in [-0.2, -0.15) is 0 Å². The number of hydrogen-bond donors (Lipinski definition) is 4. The number of amides is 3. The van der Waals surface area contributed by atoms with Crippen LogP contribution in [0.5, 0.6) is 0 Å². The molecule has 0 saturated heterocycles. The zero-order valence-corrected chi connectivity index (χ0v) is 37.3. The molecule has 9 rings (SSSR count). The highest BCUT2D eigenvalue weighted by Crippen LogP contribution is 2.37. The van der Waals surface area contributed by atoms with Crippen LogP contribution in [-0.2, 0) is 35.5 Å². The average Bonchev–Trinajstić information content (AvgIpc) is 4.18. The van der Waals surface area contributed by atoms with Gasteiger partial charge in [0, 0.05) is 52.1 Å². The standard InChI is InChI=1S/C21H16ClF2N3O4.C16H13ClF2N2O.C8H7N3O3.ClH/c22-15-7-11(1-4-16(15)23)26-20(28)14-2-5-17(24)19-13(14)3-6-18(19)27-21(29)31-9-12-8-30-10-25-12;17-11-7-8(1-4-12(11)18)21-16(22)10-2-5-13(19)15-9(10)3-6-14(15)20;12-8(11-2-1-9-5-11)14-4-7-3-13-6-10-7;/h1-2,4-5,7-8,10,18H,3,6,9H2,(H,26,28)(H,27,29);1-2,4-5,7,14H,3,6,20H2,(H,21,22);1-3,5-6H,4H2;1H/t18-;14-;;/m00../s1. The Hall–Kier alpha value is -7.26. The zero-order chi connectivity index (χ0) is 47.6. The molecule has 354 valence electrons. The topological polar surface area (TPSA) is 219 Å². The molecule has 0 unspecified atom stereocenters. The largest absolute Gasteiger partial charge is 0.451 e. The number of halogens is 7. The normalized spacial score (nSPS) is 14.1. The van der Waals surface area contributed by atoms with Gasteiger partial charge < -0.3 is 40.0 Å². The Kier molecular flexibility index (Phi) is 16.9. The zero-order valence-electron chi connectivity index (χ0n) is 35.0. The molecule has 68 heavy (non-hydrogen) atoms. The average molecular weight is 1000 g/mol. The predicted molar refractivity (Wildman–Crippen MR) is 239 cm³/mol. The van der Waals surface area contributed by atoms with E-state index in [2.05, 4.69) is 30.9 Å². The fourth-order valence-electron chi connectivity index (χ4n) is 7.10. The van der Waals surface area contributed by atoms with Gasteiger partial charge in [0.05, 0.1) is 16.1 Å². The number of carbonyl (C=O) groups is 4. The van der Waals surface area contributed by atoms with Gasteiger partial charge >= 0.3 is 12.2 Å². The molecule has 7 aromatic rings. The van der Waals surface area contributed by atoms with Gasteiger partial charge in [-0.05, 0) is 97.5 Å². The van der Waals surface area contributed by atoms with Crippen molar-refractivity contribution in [3.63, 3.8) is 0 Å². The van der Waals surface area contributed by atoms with Crippen molar-refractivity contribution in [1.82, 2.24) is 24.8 Å². The number of anilines is 2. The Morgan fingerprint density at radius 2 is 1.24 bits per heavy atom. The number of hydrogen-bond acceptors (Lipinski definition) is 12. The fourth-order valence-corrected chi connectivity index (χ4v) is 7.46. The number of ether oxygens (including phenoxy) is 2. The van der Waals surface area contributed by atoms with Crippen LogP contribution in [0.3, 0.4) is 0 Å². The SMILES string of the molecule is Cl.N[C@H]1CCc2c(C(=O)Nc3ccc(F)c(Cl)c3)ccc(F)c21.O=C(N[C@H]1CCc2c(C(=O)Nc3ccc(F)c(Cl)c3)ccc(F)c21)OCc1cocn1.O=C(OCc1cocn1)n1ccnc1. The van der Waals surface area contributed by atoms with E-state index >= 15 is 0 Å². The number of rotatable bonds is 9. The molecule has 16 nitrogen and oxygen atoms in total. The summed E-state index contributed by atoms with van der Waals surface area (Å²) in [5, 5.41) is 7.67. The lowest BCUT2D eigenvalue weighted by molar-refractivity contribution is 0.101. The molecule has 3 heterocycles. The molecule has 4 aromatic carbocycles. The van der Waals surface area contributed by atoms with E-state index in [0.29, 0.717) is 70.7 Å². The highest BCUT2D eigenvalue weighted by Gasteiger charge is 2.32. The summed E-state index contributed by atoms with van der Waals surface area (Å²) in [6.07, 6.45) is 10.3. The van der Waals surface area contributed by atoms with Gasteiger partial charge in [0.1, 0.15) is 66.7 Å². The first-order chi connectivity index (χ1) is 32.2. The lowest BCUT2D eigenvalue weighted by Gasteiger charge is -2.16. The molecule has 23 heteroatoms. The Morgan fingerprint density at radius 3 is 1.75 bits per heavy atom. The lowest BCUT2D eigenvalue weighted by atomic mass is 10.0. The third-order valence-corrected chi connectivity index (χ3v) is 10.8. The van der Waals surface area contributed by atoms with E-state index in [0.717, 1.165) is 6.07 Å². The number of fused-ring (bicyclic) bond motifs is 2. The van der Waals surface area contributed by atoms with E-state index in [1.807, 2.05) is 0 Å². The first-order valence-electron chi connectivity index (χ1n) is 20.0. The molecule has 0 saturated carbocycles. The summed E-state index contributed by atoms with van der Waals surface area (Å²) in [4.78, 5) is 59.8. The van der Waals surface area contributed by atoms with E-state index in [1.165, 1.54) is 103 Å². The smallest absolute Gasteiger partial charge is 0.419 e. The van der Waals surface area contributed by atoms with Crippen LogP contribution in [0, 0.1) is 23.3 Å². The summed E-state index contributed by atoms with van der Waals surface area (Å²) in [6.45, 7) is 0.000576. The van der Waals surface area contributed by atoms with Crippen LogP contribution >= 0.6 is 35.6 Å². The molecule has 0 spiro atoms. The van der Waals surface area contributed by atoms with Gasteiger partial charge in [-0.15, -0.1) is 12.4 Å². The van der Waals surface area contributed by atoms with E-state index < -0.39 is 47.5 Å². The second-order valence-electron chi connectivity index (χ2n) is 14.6. The highest BCUT2D eigenvalue weighted by atomic mass is 35.5. The van der Waals surface area contributed by atoms with E-state index in [1.54, 1.807) is 0 Å². The summed E-state index contributed by atoms with van der Waals surface area (Å²) < 4.78 is 75.6. The second-order valence-corrected chi connectivity index (χ2v) is 15.4. The van der Waals surface area contributed by atoms with E-state index in [4.69, 9.17) is 47.2 Å². The number of carbonyl (C=O) groups excluding carboxylic acids is 4. The Labute approximate surface area is 399 Å². The molecular formula is C45H37Cl3F4N8O8. The maximum Gasteiger partial charge on any atom is 0.419 e. The molecule has 3 amide bonds. The van der Waals surface area contributed by atoms with Crippen LogP contribution in [0.1, 0.15) is 79.3 Å². The van der Waals surface area contributed by atoms with Crippen molar-refractivity contribution < 1.29 is 55.0 Å². The van der Waals surface area contributed by atoms with Crippen LogP contribution < -0.4 is 21.7 Å². The number of alkyl carbamates (subject to hydrolysis) is 1. The van der Waals surface area contributed by atoms with Crippen LogP contribution in [0.15, 0.2) is 114 Å². The maximum atomic E-state index is 14.6. The Bertz CT molecular complexity index is 2890. The molecule has 0 fully saturated rings. The third-order valence-electron chi connectivity index (χ3n) is 10.2. The van der Waals surface area contributed by atoms with Gasteiger partial charge in [0.15, 0.2) is 12.8 Å².